The molecule has 9 heteroatoms. The first kappa shape index (κ1) is 17.8. The zero-order valence-corrected chi connectivity index (χ0v) is 13.9. The van der Waals surface area contributed by atoms with E-state index in [-0.39, 0.29) is 5.56 Å². The van der Waals surface area contributed by atoms with Crippen molar-refractivity contribution in [3.63, 3.8) is 0 Å². The summed E-state index contributed by atoms with van der Waals surface area (Å²) in [5, 5.41) is 0.326. The Morgan fingerprint density at radius 3 is 2.52 bits per heavy atom. The van der Waals surface area contributed by atoms with Crippen LogP contribution in [-0.2, 0) is 12.7 Å². The molecule has 1 saturated heterocycles. The Morgan fingerprint density at radius 1 is 1.16 bits per heavy atom. The lowest BCUT2D eigenvalue weighted by molar-refractivity contribution is -0.137. The van der Waals surface area contributed by atoms with E-state index in [4.69, 9.17) is 11.6 Å². The molecule has 2 aromatic rings. The number of anilines is 1. The number of aromatic amines is 1. The summed E-state index contributed by atoms with van der Waals surface area (Å²) in [5.74, 6) is 0.598. The highest BCUT2D eigenvalue weighted by atomic mass is 35.5. The van der Waals surface area contributed by atoms with Gasteiger partial charge < -0.3 is 9.88 Å². The normalized spacial score (nSPS) is 16.2. The van der Waals surface area contributed by atoms with Crippen LogP contribution in [-0.4, -0.2) is 41.0 Å². The van der Waals surface area contributed by atoms with Crippen LogP contribution in [0.2, 0.25) is 5.02 Å². The van der Waals surface area contributed by atoms with E-state index in [9.17, 15) is 18.0 Å². The number of hydrogen-bond acceptors (Lipinski definition) is 4. The lowest BCUT2D eigenvalue weighted by Gasteiger charge is -2.35. The third-order valence-corrected chi connectivity index (χ3v) is 4.50. The molecule has 0 amide bonds. The average molecular weight is 373 g/mol. The van der Waals surface area contributed by atoms with Gasteiger partial charge in [-0.2, -0.15) is 13.2 Å². The molecule has 1 aromatic heterocycles. The molecule has 0 radical (unpaired) electrons. The molecule has 0 unspecified atom stereocenters. The number of nitrogens with zero attached hydrogens (tertiary/aromatic N) is 3. The van der Waals surface area contributed by atoms with Crippen molar-refractivity contribution in [3.8, 4) is 0 Å². The fourth-order valence-corrected chi connectivity index (χ4v) is 2.96. The SMILES string of the molecule is O=c1cc(N2CCN(Cc3cc(C(F)(F)F)ccc3Cl)CC2)nc[nH]1. The van der Waals surface area contributed by atoms with E-state index in [1.165, 1.54) is 18.5 Å². The van der Waals surface area contributed by atoms with E-state index < -0.39 is 11.7 Å². The van der Waals surface area contributed by atoms with Crippen LogP contribution < -0.4 is 10.5 Å². The Bertz CT molecular complexity index is 800. The van der Waals surface area contributed by atoms with Crippen LogP contribution >= 0.6 is 11.6 Å². The first-order chi connectivity index (χ1) is 11.8. The van der Waals surface area contributed by atoms with Gasteiger partial charge in [0, 0.05) is 43.8 Å². The number of nitrogens with one attached hydrogen (secondary N) is 1. The summed E-state index contributed by atoms with van der Waals surface area (Å²) in [7, 11) is 0. The van der Waals surface area contributed by atoms with Gasteiger partial charge in [0.1, 0.15) is 5.82 Å². The predicted molar refractivity (Wildman–Crippen MR) is 88.8 cm³/mol. The minimum Gasteiger partial charge on any atom is -0.354 e. The molecule has 25 heavy (non-hydrogen) atoms. The molecule has 1 aromatic carbocycles. The number of piperazine rings is 1. The van der Waals surface area contributed by atoms with Gasteiger partial charge in [0.25, 0.3) is 5.56 Å². The van der Waals surface area contributed by atoms with E-state index in [0.717, 1.165) is 12.1 Å². The highest BCUT2D eigenvalue weighted by Crippen LogP contribution is 2.32. The average Bonchev–Trinajstić information content (AvgIpc) is 2.56. The summed E-state index contributed by atoms with van der Waals surface area (Å²) in [6.07, 6.45) is -3.03. The molecule has 1 N–H and O–H groups in total. The van der Waals surface area contributed by atoms with Crippen molar-refractivity contribution in [1.29, 1.82) is 0 Å². The zero-order valence-electron chi connectivity index (χ0n) is 13.2. The number of hydrogen-bond donors (Lipinski definition) is 1. The second-order valence-electron chi connectivity index (χ2n) is 5.84. The first-order valence-electron chi connectivity index (χ1n) is 7.70. The molecule has 2 heterocycles. The second-order valence-corrected chi connectivity index (χ2v) is 6.24. The zero-order chi connectivity index (χ0) is 18.0. The molecule has 0 bridgehead atoms. The van der Waals surface area contributed by atoms with Crippen molar-refractivity contribution in [3.05, 3.63) is 57.1 Å². The smallest absolute Gasteiger partial charge is 0.354 e. The van der Waals surface area contributed by atoms with Crippen molar-refractivity contribution in [2.75, 3.05) is 31.1 Å². The number of benzene rings is 1. The first-order valence-corrected chi connectivity index (χ1v) is 8.08. The largest absolute Gasteiger partial charge is 0.416 e. The maximum Gasteiger partial charge on any atom is 0.416 e. The fraction of sp³-hybridized carbons (Fsp3) is 0.375. The van der Waals surface area contributed by atoms with Gasteiger partial charge in [-0.25, -0.2) is 4.98 Å². The summed E-state index contributed by atoms with van der Waals surface area (Å²) in [4.78, 5) is 22.0. The monoisotopic (exact) mass is 372 g/mol. The molecule has 0 atom stereocenters. The van der Waals surface area contributed by atoms with Crippen LogP contribution in [0.15, 0.2) is 35.4 Å². The highest BCUT2D eigenvalue weighted by Gasteiger charge is 2.31. The van der Waals surface area contributed by atoms with Crippen molar-refractivity contribution in [2.45, 2.75) is 12.7 Å². The summed E-state index contributed by atoms with van der Waals surface area (Å²) in [5.41, 5.74) is -0.458. The van der Waals surface area contributed by atoms with Crippen molar-refractivity contribution < 1.29 is 13.2 Å². The molecule has 1 fully saturated rings. The molecular formula is C16H16ClF3N4O. The van der Waals surface area contributed by atoms with E-state index in [1.54, 1.807) is 0 Å². The third-order valence-electron chi connectivity index (χ3n) is 4.13. The minimum absolute atomic E-state index is 0.219. The van der Waals surface area contributed by atoms with Gasteiger partial charge in [-0.3, -0.25) is 9.69 Å². The Hall–Kier alpha value is -2.06. The molecule has 0 aliphatic carbocycles. The lowest BCUT2D eigenvalue weighted by Crippen LogP contribution is -2.46. The molecule has 0 saturated carbocycles. The van der Waals surface area contributed by atoms with Crippen molar-refractivity contribution in [1.82, 2.24) is 14.9 Å². The molecule has 134 valence electrons. The maximum atomic E-state index is 12.9. The van der Waals surface area contributed by atoms with Crippen LogP contribution in [0.3, 0.4) is 0 Å². The Morgan fingerprint density at radius 2 is 1.88 bits per heavy atom. The summed E-state index contributed by atoms with van der Waals surface area (Å²) in [6.45, 7) is 2.89. The fourth-order valence-electron chi connectivity index (χ4n) is 2.78. The van der Waals surface area contributed by atoms with Crippen LogP contribution in [0.25, 0.3) is 0 Å². The summed E-state index contributed by atoms with van der Waals surface area (Å²) in [6, 6.07) is 4.81. The van der Waals surface area contributed by atoms with E-state index in [1.807, 2.05) is 9.80 Å². The van der Waals surface area contributed by atoms with Gasteiger partial charge in [-0.1, -0.05) is 11.6 Å². The van der Waals surface area contributed by atoms with E-state index in [0.29, 0.717) is 49.1 Å². The molecule has 5 nitrogen and oxygen atoms in total. The number of alkyl halides is 3. The summed E-state index contributed by atoms with van der Waals surface area (Å²) >= 11 is 6.05. The van der Waals surface area contributed by atoms with Crippen LogP contribution in [0.1, 0.15) is 11.1 Å². The number of rotatable bonds is 3. The third kappa shape index (κ3) is 4.32. The molecule has 3 rings (SSSR count). The second kappa shape index (κ2) is 7.05. The van der Waals surface area contributed by atoms with Crippen LogP contribution in [0.4, 0.5) is 19.0 Å². The Labute approximate surface area is 147 Å². The molecule has 1 aliphatic heterocycles. The van der Waals surface area contributed by atoms with E-state index in [2.05, 4.69) is 9.97 Å². The minimum atomic E-state index is -4.38. The number of aromatic nitrogens is 2. The van der Waals surface area contributed by atoms with Gasteiger partial charge in [0.2, 0.25) is 0 Å². The van der Waals surface area contributed by atoms with Crippen LogP contribution in [0, 0.1) is 0 Å². The molecular weight excluding hydrogens is 357 g/mol. The highest BCUT2D eigenvalue weighted by molar-refractivity contribution is 6.31. The van der Waals surface area contributed by atoms with Gasteiger partial charge in [-0.05, 0) is 23.8 Å². The number of halogens is 4. The van der Waals surface area contributed by atoms with Gasteiger partial charge >= 0.3 is 6.18 Å². The molecule has 0 spiro atoms. The maximum absolute atomic E-state index is 12.9. The molecule has 1 aliphatic rings. The van der Waals surface area contributed by atoms with E-state index >= 15 is 0 Å². The Kier molecular flexibility index (Phi) is 5.01. The predicted octanol–water partition coefficient (Wildman–Crippen LogP) is 2.76. The quantitative estimate of drug-likeness (QED) is 0.900. The van der Waals surface area contributed by atoms with Crippen molar-refractivity contribution in [2.24, 2.45) is 0 Å². The van der Waals surface area contributed by atoms with Gasteiger partial charge in [0.05, 0.1) is 11.9 Å². The Balaban J connectivity index is 1.65. The van der Waals surface area contributed by atoms with Gasteiger partial charge in [-0.15, -0.1) is 0 Å². The summed E-state index contributed by atoms with van der Waals surface area (Å²) < 4.78 is 38.6. The standard InChI is InChI=1S/C16H16ClF3N4O/c17-13-2-1-12(16(18,19)20)7-11(13)9-23-3-5-24(6-4-23)14-8-15(25)22-10-21-14/h1-2,7-8,10H,3-6,9H2,(H,21,22,25). The van der Waals surface area contributed by atoms with Crippen molar-refractivity contribution >= 4 is 17.4 Å². The number of H-pyrrole nitrogens is 1. The lowest BCUT2D eigenvalue weighted by atomic mass is 10.1. The van der Waals surface area contributed by atoms with Crippen LogP contribution in [0.5, 0.6) is 0 Å². The topological polar surface area (TPSA) is 52.2 Å². The van der Waals surface area contributed by atoms with Gasteiger partial charge in [0.15, 0.2) is 0 Å².